The van der Waals surface area contributed by atoms with Crippen LogP contribution in [0.25, 0.3) is 32.3 Å². The van der Waals surface area contributed by atoms with E-state index >= 15 is 0 Å². The highest BCUT2D eigenvalue weighted by atomic mass is 16.5. The highest BCUT2D eigenvalue weighted by Crippen LogP contribution is 2.45. The third kappa shape index (κ3) is 17.4. The second kappa shape index (κ2) is 32.7. The van der Waals surface area contributed by atoms with E-state index in [9.17, 15) is 29.7 Å². The Morgan fingerprint density at radius 2 is 0.459 bits per heavy atom. The number of hydrogen-bond donors (Lipinski definition) is 3. The molecule has 0 fully saturated rings. The van der Waals surface area contributed by atoms with Gasteiger partial charge in [-0.05, 0) is 168 Å². The number of hydrogen-bond acceptors (Lipinski definition) is 12. The summed E-state index contributed by atoms with van der Waals surface area (Å²) >= 11 is 0. The Labute approximate surface area is 649 Å². The van der Waals surface area contributed by atoms with Crippen LogP contribution in [0.1, 0.15) is 177 Å². The van der Waals surface area contributed by atoms with Crippen LogP contribution in [0.15, 0.2) is 200 Å². The summed E-state index contributed by atoms with van der Waals surface area (Å²) in [5.74, 6) is 1.35. The molecule has 0 spiro atoms. The number of ether oxygens (including phenoxy) is 9. The van der Waals surface area contributed by atoms with Crippen LogP contribution in [-0.2, 0) is 54.8 Å². The van der Waals surface area contributed by atoms with Crippen LogP contribution in [0.3, 0.4) is 0 Å². The third-order valence-corrected chi connectivity index (χ3v) is 20.8. The Hall–Kier alpha value is -12.0. The van der Waals surface area contributed by atoms with Gasteiger partial charge in [0.15, 0.2) is 0 Å². The molecule has 111 heavy (non-hydrogen) atoms. The van der Waals surface area contributed by atoms with Gasteiger partial charge in [-0.15, -0.1) is 0 Å². The molecule has 15 nitrogen and oxygen atoms in total. The monoisotopic (exact) mass is 1490 g/mol. The summed E-state index contributed by atoms with van der Waals surface area (Å²) in [6, 6.07) is 65.1. The molecular weight excluding hydrogens is 1390 g/mol. The van der Waals surface area contributed by atoms with E-state index in [-0.39, 0.29) is 89.8 Å². The molecule has 1 aliphatic rings. The predicted molar refractivity (Wildman–Crippen MR) is 437 cm³/mol. The van der Waals surface area contributed by atoms with Crippen molar-refractivity contribution in [1.82, 2.24) is 0 Å². The fraction of sp³-hybridized carbons (Fsp3) is 0.281. The molecule has 0 atom stereocenters. The Kier molecular flexibility index (Phi) is 22.7. The van der Waals surface area contributed by atoms with E-state index in [1.807, 2.05) is 72.8 Å². The minimum Gasteiger partial charge on any atom is -0.496 e. The number of carboxylic acid groups (broad SMARTS) is 3. The standard InChI is InChI=1S/C96H96O15/c1-94(2,3)76-46-70-40-64-28-19-30-66(88(64)109-37-34-106-82-55-61-25-16-13-22-58(61)52-79(82)91(97)98)42-72-48-77(95(4,5)6)50-74(86(72)104-11)44-68-32-21-33-69(90(68)111-39-36-108-84-57-63-27-18-15-24-60(63)54-81(84)93(101)102)45-75-51-78(96(7,8)9)49-73(87(75)105-12)43-67-31-20-29-65(41-71(47-76)85(70)103-10)89(67)110-38-35-107-83-56-62-26-17-14-23-59(62)53-80(83)92(99)100/h13-33,46-57H,34-45H2,1-12H3,(H,97,98)(H,99,100)(H,101,102). The second-order valence-electron chi connectivity index (χ2n) is 31.6. The lowest BCUT2D eigenvalue weighted by Gasteiger charge is -2.26. The van der Waals surface area contributed by atoms with Gasteiger partial charge < -0.3 is 58.0 Å². The topological polar surface area (TPSA) is 195 Å². The summed E-state index contributed by atoms with van der Waals surface area (Å²) in [6.45, 7) is 20.1. The largest absolute Gasteiger partial charge is 0.496 e. The molecule has 0 saturated carbocycles. The van der Waals surface area contributed by atoms with E-state index in [4.69, 9.17) is 42.6 Å². The van der Waals surface area contributed by atoms with E-state index in [0.29, 0.717) is 73.0 Å². The van der Waals surface area contributed by atoms with Crippen LogP contribution in [0.2, 0.25) is 0 Å². The highest BCUT2D eigenvalue weighted by molar-refractivity contribution is 5.99. The number of fused-ring (bicyclic) bond motifs is 15. The molecule has 570 valence electrons. The maximum absolute atomic E-state index is 12.8. The van der Waals surface area contributed by atoms with Crippen molar-refractivity contribution in [3.05, 3.63) is 300 Å². The van der Waals surface area contributed by atoms with Gasteiger partial charge in [-0.2, -0.15) is 0 Å². The number of rotatable bonds is 21. The van der Waals surface area contributed by atoms with Gasteiger partial charge in [0, 0.05) is 38.5 Å². The van der Waals surface area contributed by atoms with Crippen molar-refractivity contribution in [1.29, 1.82) is 0 Å². The average Bonchev–Trinajstić information content (AvgIpc) is 0.779. The van der Waals surface area contributed by atoms with Crippen LogP contribution >= 0.6 is 0 Å². The first kappa shape index (κ1) is 77.2. The molecule has 0 unspecified atom stereocenters. The van der Waals surface area contributed by atoms with Crippen molar-refractivity contribution in [3.63, 3.8) is 0 Å². The molecule has 0 aromatic heterocycles. The summed E-state index contributed by atoms with van der Waals surface area (Å²) in [6.07, 6.45) is 2.22. The Morgan fingerprint density at radius 3 is 0.649 bits per heavy atom. The summed E-state index contributed by atoms with van der Waals surface area (Å²) < 4.78 is 60.6. The molecule has 0 heterocycles. The van der Waals surface area contributed by atoms with E-state index < -0.39 is 17.9 Å². The van der Waals surface area contributed by atoms with Crippen molar-refractivity contribution in [2.45, 2.75) is 117 Å². The lowest BCUT2D eigenvalue weighted by atomic mass is 9.81. The molecular formula is C96H96O15. The molecule has 12 bridgehead atoms. The van der Waals surface area contributed by atoms with Gasteiger partial charge in [-0.3, -0.25) is 0 Å². The number of carboxylic acids is 3. The summed E-state index contributed by atoms with van der Waals surface area (Å²) in [4.78, 5) is 38.4. The SMILES string of the molecule is COc1c2cc(C(C)(C)C)cc1Cc1cccc(c1OCCOc1cc3ccccc3cc1C(=O)O)Cc1cc(C(C)(C)C)cc(c1OC)Cc1cccc(c1OCCOc1cc3ccccc3cc1C(=O)O)Cc1cc(C(C)(C)C)cc(c1OC)Cc1cccc(c1OCCOc1cc3ccccc3cc1C(=O)O)C2. The summed E-state index contributed by atoms with van der Waals surface area (Å²) in [5, 5.41) is 36.3. The van der Waals surface area contributed by atoms with Gasteiger partial charge in [0.25, 0.3) is 0 Å². The zero-order chi connectivity index (χ0) is 78.5. The fourth-order valence-electron chi connectivity index (χ4n) is 15.1. The number of aromatic carboxylic acids is 3. The Balaban J connectivity index is 0.979. The van der Waals surface area contributed by atoms with E-state index in [1.165, 1.54) is 0 Å². The maximum Gasteiger partial charge on any atom is 0.339 e. The van der Waals surface area contributed by atoms with Crippen molar-refractivity contribution in [3.8, 4) is 51.7 Å². The maximum atomic E-state index is 12.8. The molecule has 12 aromatic rings. The molecule has 1 aliphatic carbocycles. The van der Waals surface area contributed by atoms with Crippen molar-refractivity contribution in [2.75, 3.05) is 61.0 Å². The average molecular weight is 1490 g/mol. The minimum atomic E-state index is -1.10. The van der Waals surface area contributed by atoms with E-state index in [1.54, 1.807) is 57.7 Å². The molecule has 0 aliphatic heterocycles. The molecule has 0 amide bonds. The fourth-order valence-corrected chi connectivity index (χ4v) is 15.1. The molecule has 15 heteroatoms. The first-order valence-electron chi connectivity index (χ1n) is 37.7. The van der Waals surface area contributed by atoms with Gasteiger partial charge >= 0.3 is 17.9 Å². The predicted octanol–water partition coefficient (Wildman–Crippen LogP) is 20.4. The first-order chi connectivity index (χ1) is 53.2. The number of benzene rings is 12. The quantitative estimate of drug-likeness (QED) is 0.0575. The third-order valence-electron chi connectivity index (χ3n) is 20.8. The smallest absolute Gasteiger partial charge is 0.339 e. The Bertz CT molecular complexity index is 4840. The minimum absolute atomic E-state index is 0.0204. The normalized spacial score (nSPS) is 12.5. The number of carbonyl (C=O) groups is 3. The molecule has 0 radical (unpaired) electrons. The first-order valence-corrected chi connectivity index (χ1v) is 37.7. The molecule has 3 N–H and O–H groups in total. The lowest BCUT2D eigenvalue weighted by molar-refractivity contribution is 0.0680. The van der Waals surface area contributed by atoms with Gasteiger partial charge in [0.2, 0.25) is 0 Å². The lowest BCUT2D eigenvalue weighted by Crippen LogP contribution is -2.16. The summed E-state index contributed by atoms with van der Waals surface area (Å²) in [5.41, 5.74) is 13.1. The van der Waals surface area contributed by atoms with Gasteiger partial charge in [0.1, 0.15) is 108 Å². The van der Waals surface area contributed by atoms with Crippen LogP contribution in [0, 0.1) is 0 Å². The van der Waals surface area contributed by atoms with Crippen LogP contribution < -0.4 is 42.6 Å². The highest BCUT2D eigenvalue weighted by Gasteiger charge is 2.29. The van der Waals surface area contributed by atoms with Gasteiger partial charge in [-0.1, -0.05) is 226 Å². The summed E-state index contributed by atoms with van der Waals surface area (Å²) in [7, 11) is 5.14. The number of methoxy groups -OCH3 is 3. The van der Waals surface area contributed by atoms with E-state index in [0.717, 1.165) is 116 Å². The second-order valence-corrected chi connectivity index (χ2v) is 31.6. The molecule has 13 rings (SSSR count). The van der Waals surface area contributed by atoms with Crippen LogP contribution in [-0.4, -0.2) is 94.2 Å². The van der Waals surface area contributed by atoms with Gasteiger partial charge in [-0.25, -0.2) is 14.4 Å². The van der Waals surface area contributed by atoms with Gasteiger partial charge in [0.05, 0.1) is 21.3 Å². The van der Waals surface area contributed by atoms with Crippen molar-refractivity contribution >= 4 is 50.2 Å². The van der Waals surface area contributed by atoms with Crippen LogP contribution in [0.5, 0.6) is 51.7 Å². The number of para-hydroxylation sites is 3. The molecule has 12 aromatic carbocycles. The molecule has 0 saturated heterocycles. The Morgan fingerprint density at radius 1 is 0.261 bits per heavy atom. The van der Waals surface area contributed by atoms with Crippen molar-refractivity contribution in [2.24, 2.45) is 0 Å². The van der Waals surface area contributed by atoms with Crippen molar-refractivity contribution < 1.29 is 72.3 Å². The van der Waals surface area contributed by atoms with E-state index in [2.05, 4.69) is 153 Å². The zero-order valence-electron chi connectivity index (χ0n) is 65.3. The van der Waals surface area contributed by atoms with Crippen LogP contribution in [0.4, 0.5) is 0 Å². The zero-order valence-corrected chi connectivity index (χ0v) is 65.3.